The second kappa shape index (κ2) is 6.01. The van der Waals surface area contributed by atoms with Crippen molar-refractivity contribution >= 4 is 23.0 Å². The van der Waals surface area contributed by atoms with Gasteiger partial charge in [-0.2, -0.15) is 5.26 Å². The summed E-state index contributed by atoms with van der Waals surface area (Å²) in [5.74, 6) is -1.37. The number of nitriles is 1. The van der Waals surface area contributed by atoms with E-state index in [2.05, 4.69) is 0 Å². The molecule has 5 rings (SSSR count). The van der Waals surface area contributed by atoms with Gasteiger partial charge in [0.25, 0.3) is 0 Å². The molecule has 1 aliphatic heterocycles. The van der Waals surface area contributed by atoms with Gasteiger partial charge in [-0.1, -0.05) is 42.0 Å². The van der Waals surface area contributed by atoms with E-state index in [0.29, 0.717) is 17.8 Å². The Kier molecular flexibility index (Phi) is 3.62. The summed E-state index contributed by atoms with van der Waals surface area (Å²) < 4.78 is 0. The number of carbonyl (C=O) groups is 3. The average molecular weight is 395 g/mol. The Balaban J connectivity index is 1.84. The van der Waals surface area contributed by atoms with Crippen molar-refractivity contribution in [3.05, 3.63) is 87.9 Å². The number of anilines is 1. The molecule has 3 aliphatic rings. The highest BCUT2D eigenvalue weighted by atomic mass is 16.2. The highest BCUT2D eigenvalue weighted by Crippen LogP contribution is 2.55. The number of hydrogen-bond acceptors (Lipinski definition) is 6. The molecule has 0 radical (unpaired) electrons. The van der Waals surface area contributed by atoms with Crippen molar-refractivity contribution in [1.29, 1.82) is 5.26 Å². The highest BCUT2D eigenvalue weighted by Gasteiger charge is 2.64. The van der Waals surface area contributed by atoms with Gasteiger partial charge in [-0.3, -0.25) is 19.3 Å². The molecule has 2 aliphatic carbocycles. The number of allylic oxidation sites excluding steroid dienone is 3. The molecule has 1 heterocycles. The van der Waals surface area contributed by atoms with Gasteiger partial charge in [-0.15, -0.1) is 0 Å². The second-order valence-electron chi connectivity index (χ2n) is 7.74. The third-order valence-electron chi connectivity index (χ3n) is 6.17. The van der Waals surface area contributed by atoms with Gasteiger partial charge < -0.3 is 5.73 Å². The first kappa shape index (κ1) is 18.1. The van der Waals surface area contributed by atoms with Gasteiger partial charge in [0.15, 0.2) is 22.8 Å². The largest absolute Gasteiger partial charge is 0.384 e. The quantitative estimate of drug-likeness (QED) is 0.744. The first-order valence-corrected chi connectivity index (χ1v) is 9.65. The minimum atomic E-state index is -1.98. The molecule has 2 aromatic rings. The molecule has 146 valence electrons. The zero-order valence-corrected chi connectivity index (χ0v) is 16.2. The van der Waals surface area contributed by atoms with E-state index in [-0.39, 0.29) is 40.3 Å². The smallest absolute Gasteiger partial charge is 0.187 e. The van der Waals surface area contributed by atoms with Crippen molar-refractivity contribution < 1.29 is 14.4 Å². The summed E-state index contributed by atoms with van der Waals surface area (Å²) in [7, 11) is 0. The summed E-state index contributed by atoms with van der Waals surface area (Å²) in [4.78, 5) is 41.9. The van der Waals surface area contributed by atoms with Gasteiger partial charge in [-0.25, -0.2) is 0 Å². The van der Waals surface area contributed by atoms with Crippen molar-refractivity contribution in [3.8, 4) is 6.07 Å². The van der Waals surface area contributed by atoms with Gasteiger partial charge >= 0.3 is 0 Å². The lowest BCUT2D eigenvalue weighted by Crippen LogP contribution is -2.47. The topological polar surface area (TPSA) is 104 Å². The molecule has 6 heteroatoms. The van der Waals surface area contributed by atoms with E-state index in [1.165, 1.54) is 0 Å². The fraction of sp³-hybridized carbons (Fsp3) is 0.167. The van der Waals surface area contributed by atoms with Crippen LogP contribution in [0.25, 0.3) is 0 Å². The maximum Gasteiger partial charge on any atom is 0.187 e. The van der Waals surface area contributed by atoms with Crippen LogP contribution in [0.3, 0.4) is 0 Å². The number of aryl methyl sites for hydroxylation is 1. The van der Waals surface area contributed by atoms with E-state index in [1.807, 2.05) is 37.3 Å². The number of ketones is 3. The maximum absolute atomic E-state index is 13.6. The molecule has 2 N–H and O–H groups in total. The van der Waals surface area contributed by atoms with Crippen LogP contribution in [0.15, 0.2) is 71.2 Å². The third-order valence-corrected chi connectivity index (χ3v) is 6.17. The highest BCUT2D eigenvalue weighted by molar-refractivity contribution is 6.37. The third kappa shape index (κ3) is 1.99. The fourth-order valence-corrected chi connectivity index (χ4v) is 4.84. The summed E-state index contributed by atoms with van der Waals surface area (Å²) >= 11 is 0. The van der Waals surface area contributed by atoms with Crippen LogP contribution in [0, 0.1) is 23.7 Å². The van der Waals surface area contributed by atoms with Crippen LogP contribution < -0.4 is 10.6 Å². The van der Waals surface area contributed by atoms with Crippen LogP contribution in [0.1, 0.15) is 39.1 Å². The summed E-state index contributed by atoms with van der Waals surface area (Å²) in [5.41, 5.74) is 7.08. The number of hydrogen-bond donors (Lipinski definition) is 1. The van der Waals surface area contributed by atoms with Crippen LogP contribution in [-0.4, -0.2) is 17.3 Å². The van der Waals surface area contributed by atoms with Crippen molar-refractivity contribution in [3.63, 3.8) is 0 Å². The van der Waals surface area contributed by atoms with E-state index in [1.54, 1.807) is 29.2 Å². The van der Waals surface area contributed by atoms with Crippen molar-refractivity contribution in [2.24, 2.45) is 11.1 Å². The van der Waals surface area contributed by atoms with E-state index < -0.39 is 17.0 Å². The van der Waals surface area contributed by atoms with Crippen LogP contribution in [0.4, 0.5) is 5.69 Å². The van der Waals surface area contributed by atoms with Crippen LogP contribution in [-0.2, 0) is 4.79 Å². The van der Waals surface area contributed by atoms with Gasteiger partial charge in [0.2, 0.25) is 0 Å². The van der Waals surface area contributed by atoms with Crippen molar-refractivity contribution in [1.82, 2.24) is 0 Å². The number of fused-ring (bicyclic) bond motifs is 2. The van der Waals surface area contributed by atoms with Crippen LogP contribution >= 0.6 is 0 Å². The number of benzene rings is 2. The molecule has 2 aromatic carbocycles. The first-order valence-electron chi connectivity index (χ1n) is 9.65. The molecule has 0 aromatic heterocycles. The molecule has 6 nitrogen and oxygen atoms in total. The lowest BCUT2D eigenvalue weighted by Gasteiger charge is -2.38. The Morgan fingerprint density at radius 2 is 1.57 bits per heavy atom. The molecular weight excluding hydrogens is 378 g/mol. The van der Waals surface area contributed by atoms with Gasteiger partial charge in [-0.05, 0) is 25.5 Å². The summed E-state index contributed by atoms with van der Waals surface area (Å²) in [6.07, 6.45) is 0.512. The fourth-order valence-electron chi connectivity index (χ4n) is 4.84. The Labute approximate surface area is 172 Å². The monoisotopic (exact) mass is 395 g/mol. The lowest BCUT2D eigenvalue weighted by atomic mass is 9.67. The molecule has 30 heavy (non-hydrogen) atoms. The normalized spacial score (nSPS) is 19.5. The zero-order valence-electron chi connectivity index (χ0n) is 16.2. The van der Waals surface area contributed by atoms with E-state index in [4.69, 9.17) is 5.73 Å². The minimum Gasteiger partial charge on any atom is -0.384 e. The van der Waals surface area contributed by atoms with Gasteiger partial charge in [0, 0.05) is 34.5 Å². The lowest BCUT2D eigenvalue weighted by molar-refractivity contribution is -0.115. The predicted octanol–water partition coefficient (Wildman–Crippen LogP) is 3.19. The molecule has 1 spiro atoms. The Hall–Kier alpha value is -3.98. The van der Waals surface area contributed by atoms with Gasteiger partial charge in [0.05, 0.1) is 5.57 Å². The molecule has 0 amide bonds. The minimum absolute atomic E-state index is 0.0179. The molecule has 0 unspecified atom stereocenters. The summed E-state index contributed by atoms with van der Waals surface area (Å²) in [6.45, 7) is 1.95. The number of Topliss-reactive ketones (excluding diaryl/α,β-unsaturated/α-hetero) is 3. The van der Waals surface area contributed by atoms with Crippen LogP contribution in [0.5, 0.6) is 0 Å². The number of nitrogens with two attached hydrogens (primary N) is 1. The molecule has 0 fully saturated rings. The Bertz CT molecular complexity index is 1240. The standard InChI is InChI=1S/C24H17N3O3/c1-13-6-8-14(9-7-13)27-18-10-11-19(28)20(18)24(17(12-25)23(27)26)21(29)15-4-2-3-5-16(15)22(24)30/h2-9H,10-11,26H2,1H3. The first-order chi connectivity index (χ1) is 14.4. The average Bonchev–Trinajstić information content (AvgIpc) is 3.22. The second-order valence-corrected chi connectivity index (χ2v) is 7.74. The molecule has 0 atom stereocenters. The van der Waals surface area contributed by atoms with E-state index >= 15 is 0 Å². The Morgan fingerprint density at radius 3 is 2.13 bits per heavy atom. The molecule has 0 bridgehead atoms. The van der Waals surface area contributed by atoms with E-state index in [0.717, 1.165) is 5.56 Å². The number of nitrogens with zero attached hydrogens (tertiary/aromatic N) is 2. The molecule has 0 saturated heterocycles. The molecular formula is C24H17N3O3. The van der Waals surface area contributed by atoms with Crippen LogP contribution in [0.2, 0.25) is 0 Å². The van der Waals surface area contributed by atoms with Crippen molar-refractivity contribution in [2.75, 3.05) is 4.90 Å². The molecule has 0 saturated carbocycles. The van der Waals surface area contributed by atoms with E-state index in [9.17, 15) is 19.6 Å². The van der Waals surface area contributed by atoms with Crippen molar-refractivity contribution in [2.45, 2.75) is 19.8 Å². The summed E-state index contributed by atoms with van der Waals surface area (Å²) in [5, 5.41) is 10.1. The Morgan fingerprint density at radius 1 is 0.967 bits per heavy atom. The number of rotatable bonds is 1. The summed E-state index contributed by atoms with van der Waals surface area (Å²) in [6, 6.07) is 15.9. The zero-order chi connectivity index (χ0) is 21.2. The van der Waals surface area contributed by atoms with Gasteiger partial charge in [0.1, 0.15) is 11.9 Å². The maximum atomic E-state index is 13.6. The number of carbonyl (C=O) groups excluding carboxylic acids is 3. The predicted molar refractivity (Wildman–Crippen MR) is 109 cm³/mol. The SMILES string of the molecule is Cc1ccc(N2C(N)=C(C#N)C3(C(=O)c4ccccc4C3=O)C3=C2CCC3=O)cc1.